The van der Waals surface area contributed by atoms with Crippen LogP contribution in [0.25, 0.3) is 0 Å². The first-order valence-corrected chi connectivity index (χ1v) is 7.87. The molecule has 3 nitrogen and oxygen atoms in total. The normalized spacial score (nSPS) is 10.7. The van der Waals surface area contributed by atoms with Crippen molar-refractivity contribution in [3.05, 3.63) is 53.6 Å². The number of anilines is 1. The Morgan fingerprint density at radius 3 is 2.48 bits per heavy atom. The zero-order valence-corrected chi connectivity index (χ0v) is 13.6. The Morgan fingerprint density at radius 1 is 1.17 bits per heavy atom. The Labute approximate surface area is 138 Å². The van der Waals surface area contributed by atoms with Gasteiger partial charge in [-0.15, -0.1) is 0 Å². The number of aryl methyl sites for hydroxylation is 2. The van der Waals surface area contributed by atoms with Crippen LogP contribution in [0.4, 0.5) is 14.5 Å². The lowest BCUT2D eigenvalue weighted by Crippen LogP contribution is -2.20. The molecule has 0 saturated heterocycles. The fourth-order valence-electron chi connectivity index (χ4n) is 2.12. The van der Waals surface area contributed by atoms with Crippen LogP contribution in [0.3, 0.4) is 0 Å². The molecule has 0 fully saturated rings. The van der Waals surface area contributed by atoms with Gasteiger partial charge < -0.3 is 10.1 Å². The number of alkyl halides is 2. The van der Waals surface area contributed by atoms with Crippen LogP contribution < -0.4 is 10.1 Å². The number of ether oxygens (including phenoxy) is 1. The number of carbonyl (C=O) groups excluding carboxylic acids is 1. The Kier molecular flexibility index (Phi) is 5.98. The molecule has 1 amide bonds. The molecule has 0 radical (unpaired) electrons. The minimum absolute atomic E-state index is 0.184. The largest absolute Gasteiger partial charge is 0.484 e. The molecule has 0 aliphatic rings. The summed E-state index contributed by atoms with van der Waals surface area (Å²) in [5.41, 5.74) is 2.44. The lowest BCUT2D eigenvalue weighted by Gasteiger charge is -2.11. The van der Waals surface area contributed by atoms with E-state index >= 15 is 0 Å². The van der Waals surface area contributed by atoms with E-state index in [9.17, 15) is 13.6 Å². The first-order chi connectivity index (χ1) is 10.9. The number of rotatable bonds is 6. The van der Waals surface area contributed by atoms with Crippen molar-refractivity contribution in [1.82, 2.24) is 0 Å². The monoisotopic (exact) mass is 337 g/mol. The van der Waals surface area contributed by atoms with Crippen LogP contribution in [0.2, 0.25) is 0 Å². The van der Waals surface area contributed by atoms with Crippen LogP contribution in [-0.4, -0.2) is 18.3 Å². The van der Waals surface area contributed by atoms with Crippen LogP contribution in [0.15, 0.2) is 47.4 Å². The summed E-state index contributed by atoms with van der Waals surface area (Å²) in [4.78, 5) is 12.3. The standard InChI is InChI=1S/C17H17F2NO2S/c1-11-7-12(2)9-13(8-11)22-10-16(21)20-14-5-3-4-6-15(14)23-17(18)19/h3-9,17H,10H2,1-2H3,(H,20,21). The van der Waals surface area contributed by atoms with Crippen LogP contribution in [0.5, 0.6) is 5.75 Å². The zero-order chi connectivity index (χ0) is 16.8. The molecule has 0 unspecified atom stereocenters. The molecule has 2 rings (SSSR count). The number of hydrogen-bond acceptors (Lipinski definition) is 3. The van der Waals surface area contributed by atoms with E-state index in [1.807, 2.05) is 32.0 Å². The molecule has 122 valence electrons. The Morgan fingerprint density at radius 2 is 1.83 bits per heavy atom. The van der Waals surface area contributed by atoms with Crippen molar-refractivity contribution in [3.63, 3.8) is 0 Å². The summed E-state index contributed by atoms with van der Waals surface area (Å²) < 4.78 is 30.5. The predicted molar refractivity (Wildman–Crippen MR) is 88.3 cm³/mol. The topological polar surface area (TPSA) is 38.3 Å². The van der Waals surface area contributed by atoms with Crippen molar-refractivity contribution in [2.45, 2.75) is 24.5 Å². The minimum Gasteiger partial charge on any atom is -0.484 e. The van der Waals surface area contributed by atoms with Gasteiger partial charge in [0, 0.05) is 4.90 Å². The number of para-hydroxylation sites is 1. The average Bonchev–Trinajstić information content (AvgIpc) is 2.46. The summed E-state index contributed by atoms with van der Waals surface area (Å²) in [6, 6.07) is 12.1. The molecular weight excluding hydrogens is 320 g/mol. The van der Waals surface area contributed by atoms with Crippen LogP contribution in [0.1, 0.15) is 11.1 Å². The molecule has 0 aliphatic heterocycles. The predicted octanol–water partition coefficient (Wildman–Crippen LogP) is 4.64. The number of hydrogen-bond donors (Lipinski definition) is 1. The minimum atomic E-state index is -2.54. The Balaban J connectivity index is 1.97. The molecule has 2 aromatic carbocycles. The second kappa shape index (κ2) is 7.97. The van der Waals surface area contributed by atoms with Crippen LogP contribution >= 0.6 is 11.8 Å². The molecule has 0 saturated carbocycles. The third-order valence-electron chi connectivity index (χ3n) is 2.94. The second-order valence-corrected chi connectivity index (χ2v) is 6.07. The summed E-state index contributed by atoms with van der Waals surface area (Å²) in [5.74, 6) is -2.33. The lowest BCUT2D eigenvalue weighted by molar-refractivity contribution is -0.118. The zero-order valence-electron chi connectivity index (χ0n) is 12.8. The van der Waals surface area contributed by atoms with E-state index in [1.165, 1.54) is 6.07 Å². The fraction of sp³-hybridized carbons (Fsp3) is 0.235. The number of nitrogens with one attached hydrogen (secondary N) is 1. The molecule has 0 aromatic heterocycles. The van der Waals surface area contributed by atoms with E-state index in [0.717, 1.165) is 11.1 Å². The van der Waals surface area contributed by atoms with E-state index in [0.29, 0.717) is 28.1 Å². The third kappa shape index (κ3) is 5.56. The first-order valence-electron chi connectivity index (χ1n) is 6.99. The SMILES string of the molecule is Cc1cc(C)cc(OCC(=O)Nc2ccccc2SC(F)F)c1. The molecule has 2 aromatic rings. The lowest BCUT2D eigenvalue weighted by atomic mass is 10.1. The van der Waals surface area contributed by atoms with Gasteiger partial charge in [-0.05, 0) is 49.2 Å². The molecule has 0 atom stereocenters. The van der Waals surface area contributed by atoms with Gasteiger partial charge in [0.05, 0.1) is 5.69 Å². The number of carbonyl (C=O) groups is 1. The van der Waals surface area contributed by atoms with E-state index < -0.39 is 11.7 Å². The summed E-state index contributed by atoms with van der Waals surface area (Å²) in [6.45, 7) is 3.70. The van der Waals surface area contributed by atoms with E-state index in [1.54, 1.807) is 18.2 Å². The van der Waals surface area contributed by atoms with E-state index in [4.69, 9.17) is 4.74 Å². The second-order valence-electron chi connectivity index (χ2n) is 5.03. The summed E-state index contributed by atoms with van der Waals surface area (Å²) >= 11 is 0.397. The van der Waals surface area contributed by atoms with Gasteiger partial charge in [-0.3, -0.25) is 4.79 Å². The van der Waals surface area contributed by atoms with Crippen molar-refractivity contribution < 1.29 is 18.3 Å². The van der Waals surface area contributed by atoms with Crippen molar-refractivity contribution in [1.29, 1.82) is 0 Å². The van der Waals surface area contributed by atoms with Gasteiger partial charge in [-0.2, -0.15) is 8.78 Å². The average molecular weight is 337 g/mol. The van der Waals surface area contributed by atoms with Gasteiger partial charge in [0.2, 0.25) is 0 Å². The number of halogens is 2. The molecule has 0 spiro atoms. The highest BCUT2D eigenvalue weighted by atomic mass is 32.2. The van der Waals surface area contributed by atoms with Gasteiger partial charge in [0.25, 0.3) is 11.7 Å². The summed E-state index contributed by atoms with van der Waals surface area (Å²) in [7, 11) is 0. The number of benzene rings is 2. The van der Waals surface area contributed by atoms with Gasteiger partial charge in [0.15, 0.2) is 6.61 Å². The van der Waals surface area contributed by atoms with E-state index in [-0.39, 0.29) is 6.61 Å². The maximum atomic E-state index is 12.5. The number of amides is 1. The highest BCUT2D eigenvalue weighted by molar-refractivity contribution is 7.99. The quantitative estimate of drug-likeness (QED) is 0.781. The molecule has 0 aliphatic carbocycles. The molecule has 23 heavy (non-hydrogen) atoms. The summed E-state index contributed by atoms with van der Waals surface area (Å²) in [6.07, 6.45) is 0. The maximum absolute atomic E-state index is 12.5. The smallest absolute Gasteiger partial charge is 0.288 e. The molecule has 6 heteroatoms. The maximum Gasteiger partial charge on any atom is 0.288 e. The van der Waals surface area contributed by atoms with Gasteiger partial charge in [-0.1, -0.05) is 30.0 Å². The fourth-order valence-corrected chi connectivity index (χ4v) is 2.72. The first kappa shape index (κ1) is 17.3. The Bertz CT molecular complexity index is 672. The van der Waals surface area contributed by atoms with Gasteiger partial charge in [0.1, 0.15) is 5.75 Å². The van der Waals surface area contributed by atoms with Gasteiger partial charge in [-0.25, -0.2) is 0 Å². The molecular formula is C17H17F2NO2S. The molecule has 0 heterocycles. The molecule has 1 N–H and O–H groups in total. The van der Waals surface area contributed by atoms with Crippen molar-refractivity contribution in [2.24, 2.45) is 0 Å². The van der Waals surface area contributed by atoms with Gasteiger partial charge >= 0.3 is 0 Å². The highest BCUT2D eigenvalue weighted by Gasteiger charge is 2.12. The highest BCUT2D eigenvalue weighted by Crippen LogP contribution is 2.31. The van der Waals surface area contributed by atoms with Crippen LogP contribution in [-0.2, 0) is 4.79 Å². The Hall–Kier alpha value is -2.08. The third-order valence-corrected chi connectivity index (χ3v) is 3.73. The molecule has 0 bridgehead atoms. The summed E-state index contributed by atoms with van der Waals surface area (Å²) in [5, 5.41) is 2.60. The van der Waals surface area contributed by atoms with Crippen molar-refractivity contribution >= 4 is 23.4 Å². The number of thioether (sulfide) groups is 1. The van der Waals surface area contributed by atoms with Crippen molar-refractivity contribution in [3.8, 4) is 5.75 Å². The van der Waals surface area contributed by atoms with E-state index in [2.05, 4.69) is 5.32 Å². The van der Waals surface area contributed by atoms with Crippen LogP contribution in [0, 0.1) is 13.8 Å². The van der Waals surface area contributed by atoms with Crippen molar-refractivity contribution in [2.75, 3.05) is 11.9 Å².